The van der Waals surface area contributed by atoms with Crippen molar-refractivity contribution in [2.24, 2.45) is 0 Å². The summed E-state index contributed by atoms with van der Waals surface area (Å²) in [7, 11) is 1.25. The molecule has 28 heavy (non-hydrogen) atoms. The van der Waals surface area contributed by atoms with Gasteiger partial charge in [-0.15, -0.1) is 11.3 Å². The van der Waals surface area contributed by atoms with Gasteiger partial charge >= 0.3 is 5.97 Å². The van der Waals surface area contributed by atoms with Crippen molar-refractivity contribution in [3.63, 3.8) is 0 Å². The van der Waals surface area contributed by atoms with Crippen LogP contribution in [0.25, 0.3) is 11.1 Å². The molecule has 0 unspecified atom stereocenters. The molecule has 0 aliphatic rings. The molecular weight excluding hydrogens is 376 g/mol. The first-order chi connectivity index (χ1) is 13.6. The van der Waals surface area contributed by atoms with Crippen LogP contribution in [0.2, 0.25) is 0 Å². The Hall–Kier alpha value is -3.45. The van der Waals surface area contributed by atoms with Gasteiger partial charge in [0.05, 0.1) is 12.0 Å². The molecule has 3 aromatic rings. The van der Waals surface area contributed by atoms with Crippen LogP contribution in [-0.4, -0.2) is 31.4 Å². The second kappa shape index (κ2) is 8.96. The number of carbonyl (C=O) groups excluding carboxylic acids is 3. The maximum absolute atomic E-state index is 12.7. The molecular formula is C21H18N2O4S. The summed E-state index contributed by atoms with van der Waals surface area (Å²) >= 11 is 1.37. The summed E-state index contributed by atoms with van der Waals surface area (Å²) in [5.74, 6) is -1.13. The molecule has 0 radical (unpaired) electrons. The van der Waals surface area contributed by atoms with Gasteiger partial charge in [0.25, 0.3) is 11.8 Å². The number of hydrogen-bond donors (Lipinski definition) is 2. The number of carbonyl (C=O) groups is 3. The maximum Gasteiger partial charge on any atom is 0.325 e. The highest BCUT2D eigenvalue weighted by Gasteiger charge is 2.15. The van der Waals surface area contributed by atoms with E-state index < -0.39 is 11.9 Å². The molecule has 0 fully saturated rings. The zero-order chi connectivity index (χ0) is 19.9. The normalized spacial score (nSPS) is 10.2. The molecule has 0 saturated carbocycles. The molecule has 6 nitrogen and oxygen atoms in total. The van der Waals surface area contributed by atoms with Gasteiger partial charge in [-0.1, -0.05) is 30.3 Å². The molecule has 2 amide bonds. The number of benzene rings is 2. The fraction of sp³-hybridized carbons (Fsp3) is 0.0952. The van der Waals surface area contributed by atoms with E-state index in [1.54, 1.807) is 24.3 Å². The lowest BCUT2D eigenvalue weighted by atomic mass is 10.1. The molecule has 7 heteroatoms. The Balaban J connectivity index is 1.67. The zero-order valence-corrected chi connectivity index (χ0v) is 15.9. The number of anilines is 1. The number of ether oxygens (including phenoxy) is 1. The number of esters is 1. The molecule has 1 aromatic heterocycles. The monoisotopic (exact) mass is 394 g/mol. The SMILES string of the molecule is COC(=O)CNC(=O)c1ccc(NC(=O)c2sccc2-c2ccccc2)cc1. The van der Waals surface area contributed by atoms with Crippen LogP contribution < -0.4 is 10.6 Å². The topological polar surface area (TPSA) is 84.5 Å². The van der Waals surface area contributed by atoms with Gasteiger partial charge in [0.2, 0.25) is 0 Å². The van der Waals surface area contributed by atoms with Crippen molar-refractivity contribution in [3.8, 4) is 11.1 Å². The van der Waals surface area contributed by atoms with E-state index in [-0.39, 0.29) is 12.5 Å². The first kappa shape index (κ1) is 19.3. The van der Waals surface area contributed by atoms with Crippen LogP contribution in [0.5, 0.6) is 0 Å². The third-order valence-electron chi connectivity index (χ3n) is 3.98. The second-order valence-corrected chi connectivity index (χ2v) is 6.74. The highest BCUT2D eigenvalue weighted by Crippen LogP contribution is 2.28. The van der Waals surface area contributed by atoms with E-state index in [1.807, 2.05) is 41.8 Å². The average Bonchev–Trinajstić information content (AvgIpc) is 3.23. The van der Waals surface area contributed by atoms with Gasteiger partial charge in [-0.3, -0.25) is 14.4 Å². The summed E-state index contributed by atoms with van der Waals surface area (Å²) in [5.41, 5.74) is 2.80. The summed E-state index contributed by atoms with van der Waals surface area (Å²) in [5, 5.41) is 7.19. The van der Waals surface area contributed by atoms with Crippen molar-refractivity contribution in [3.05, 3.63) is 76.5 Å². The Morgan fingerprint density at radius 3 is 2.32 bits per heavy atom. The Kier molecular flexibility index (Phi) is 6.18. The van der Waals surface area contributed by atoms with Gasteiger partial charge in [-0.05, 0) is 41.3 Å². The largest absolute Gasteiger partial charge is 0.468 e. The fourth-order valence-electron chi connectivity index (χ4n) is 2.55. The Morgan fingerprint density at radius 2 is 1.64 bits per heavy atom. The molecule has 0 bridgehead atoms. The lowest BCUT2D eigenvalue weighted by Crippen LogP contribution is -2.30. The van der Waals surface area contributed by atoms with Gasteiger partial charge < -0.3 is 15.4 Å². The molecule has 0 atom stereocenters. The smallest absolute Gasteiger partial charge is 0.325 e. The van der Waals surface area contributed by atoms with Gasteiger partial charge in [-0.25, -0.2) is 0 Å². The lowest BCUT2D eigenvalue weighted by molar-refractivity contribution is -0.139. The summed E-state index contributed by atoms with van der Waals surface area (Å²) in [6.45, 7) is -0.200. The van der Waals surface area contributed by atoms with Gasteiger partial charge in [0.15, 0.2) is 0 Å². The Morgan fingerprint density at radius 1 is 0.929 bits per heavy atom. The predicted octanol–water partition coefficient (Wildman–Crippen LogP) is 3.57. The van der Waals surface area contributed by atoms with Crippen LogP contribution >= 0.6 is 11.3 Å². The molecule has 3 rings (SSSR count). The first-order valence-electron chi connectivity index (χ1n) is 8.48. The fourth-order valence-corrected chi connectivity index (χ4v) is 3.36. The van der Waals surface area contributed by atoms with Crippen LogP contribution in [0, 0.1) is 0 Å². The zero-order valence-electron chi connectivity index (χ0n) is 15.1. The molecule has 0 saturated heterocycles. The van der Waals surface area contributed by atoms with E-state index in [4.69, 9.17) is 0 Å². The molecule has 0 aliphatic heterocycles. The van der Waals surface area contributed by atoms with E-state index in [0.29, 0.717) is 16.1 Å². The number of rotatable bonds is 6. The van der Waals surface area contributed by atoms with Crippen LogP contribution in [-0.2, 0) is 9.53 Å². The minimum atomic E-state index is -0.526. The van der Waals surface area contributed by atoms with Crippen LogP contribution in [0.3, 0.4) is 0 Å². The summed E-state index contributed by atoms with van der Waals surface area (Å²) < 4.78 is 4.48. The van der Waals surface area contributed by atoms with E-state index in [0.717, 1.165) is 11.1 Å². The number of thiophene rings is 1. The molecule has 2 N–H and O–H groups in total. The number of nitrogens with one attached hydrogen (secondary N) is 2. The number of amides is 2. The molecule has 142 valence electrons. The molecule has 1 heterocycles. The molecule has 2 aromatic carbocycles. The highest BCUT2D eigenvalue weighted by molar-refractivity contribution is 7.12. The molecule has 0 spiro atoms. The Bertz CT molecular complexity index is 981. The standard InChI is InChI=1S/C21H18N2O4S/c1-27-18(24)13-22-20(25)15-7-9-16(10-8-15)23-21(26)19-17(11-12-28-19)14-5-3-2-4-6-14/h2-12H,13H2,1H3,(H,22,25)(H,23,26). The van der Waals surface area contributed by atoms with Crippen molar-refractivity contribution in [1.82, 2.24) is 5.32 Å². The van der Waals surface area contributed by atoms with Crippen molar-refractivity contribution in [1.29, 1.82) is 0 Å². The van der Waals surface area contributed by atoms with Crippen LogP contribution in [0.4, 0.5) is 5.69 Å². The van der Waals surface area contributed by atoms with Crippen LogP contribution in [0.15, 0.2) is 66.0 Å². The van der Waals surface area contributed by atoms with E-state index in [9.17, 15) is 14.4 Å². The summed E-state index contributed by atoms with van der Waals surface area (Å²) in [6, 6.07) is 18.1. The Labute approximate surface area is 166 Å². The van der Waals surface area contributed by atoms with Crippen molar-refractivity contribution >= 4 is 34.8 Å². The third-order valence-corrected chi connectivity index (χ3v) is 4.90. The van der Waals surface area contributed by atoms with E-state index in [2.05, 4.69) is 15.4 Å². The first-order valence-corrected chi connectivity index (χ1v) is 9.36. The van der Waals surface area contributed by atoms with Gasteiger partial charge in [0, 0.05) is 16.8 Å². The van der Waals surface area contributed by atoms with E-state index >= 15 is 0 Å². The summed E-state index contributed by atoms with van der Waals surface area (Å²) in [4.78, 5) is 36.3. The van der Waals surface area contributed by atoms with Crippen molar-refractivity contribution < 1.29 is 19.1 Å². The molecule has 0 aliphatic carbocycles. The lowest BCUT2D eigenvalue weighted by Gasteiger charge is -2.08. The highest BCUT2D eigenvalue weighted by atomic mass is 32.1. The summed E-state index contributed by atoms with van der Waals surface area (Å²) in [6.07, 6.45) is 0. The van der Waals surface area contributed by atoms with E-state index in [1.165, 1.54) is 18.4 Å². The minimum absolute atomic E-state index is 0.200. The number of hydrogen-bond acceptors (Lipinski definition) is 5. The van der Waals surface area contributed by atoms with Gasteiger partial charge in [-0.2, -0.15) is 0 Å². The minimum Gasteiger partial charge on any atom is -0.468 e. The average molecular weight is 394 g/mol. The van der Waals surface area contributed by atoms with Crippen molar-refractivity contribution in [2.75, 3.05) is 19.0 Å². The predicted molar refractivity (Wildman–Crippen MR) is 108 cm³/mol. The second-order valence-electron chi connectivity index (χ2n) is 5.82. The number of methoxy groups -OCH3 is 1. The van der Waals surface area contributed by atoms with Gasteiger partial charge in [0.1, 0.15) is 6.54 Å². The van der Waals surface area contributed by atoms with Crippen LogP contribution in [0.1, 0.15) is 20.0 Å². The quantitative estimate of drug-likeness (QED) is 0.626. The van der Waals surface area contributed by atoms with Crippen molar-refractivity contribution in [2.45, 2.75) is 0 Å². The maximum atomic E-state index is 12.7. The third kappa shape index (κ3) is 4.63.